The number of quaternary nitrogens is 1. The number of aliphatic hydroxyl groups excluding tert-OH is 1. The van der Waals surface area contributed by atoms with Crippen molar-refractivity contribution in [3.63, 3.8) is 0 Å². The zero-order valence-corrected chi connectivity index (χ0v) is 12.8. The van der Waals surface area contributed by atoms with Gasteiger partial charge < -0.3 is 19.7 Å². The van der Waals surface area contributed by atoms with Crippen LogP contribution in [0.15, 0.2) is 11.1 Å². The number of rotatable bonds is 6. The van der Waals surface area contributed by atoms with Crippen LogP contribution in [0.2, 0.25) is 0 Å². The van der Waals surface area contributed by atoms with Crippen molar-refractivity contribution < 1.29 is 15.2 Å². The highest BCUT2D eigenvalue weighted by atomic mass is 16.5. The molecule has 0 aliphatic carbocycles. The van der Waals surface area contributed by atoms with Gasteiger partial charge in [0.05, 0.1) is 12.4 Å². The minimum absolute atomic E-state index is 0.0852. The van der Waals surface area contributed by atoms with Crippen molar-refractivity contribution in [2.24, 2.45) is 14.1 Å². The quantitative estimate of drug-likeness (QED) is 0.667. The van der Waals surface area contributed by atoms with Crippen LogP contribution in [-0.4, -0.2) is 49.5 Å². The van der Waals surface area contributed by atoms with Crippen molar-refractivity contribution >= 4 is 11.2 Å². The van der Waals surface area contributed by atoms with Gasteiger partial charge in [-0.05, 0) is 13.8 Å². The van der Waals surface area contributed by atoms with Crippen molar-refractivity contribution in [3.8, 4) is 6.01 Å². The number of nitrogens with zero attached hydrogens (tertiary/aromatic N) is 4. The van der Waals surface area contributed by atoms with Crippen LogP contribution in [0, 0.1) is 0 Å². The number of aryl methyl sites for hydroxylation is 1. The van der Waals surface area contributed by atoms with E-state index >= 15 is 0 Å². The minimum Gasteiger partial charge on any atom is -0.462 e. The number of aromatic nitrogens is 4. The minimum atomic E-state index is -0.622. The molecule has 21 heavy (non-hydrogen) atoms. The van der Waals surface area contributed by atoms with Gasteiger partial charge in [-0.25, -0.2) is 4.98 Å². The molecule has 116 valence electrons. The van der Waals surface area contributed by atoms with Gasteiger partial charge in [0.1, 0.15) is 19.3 Å². The lowest BCUT2D eigenvalue weighted by Crippen LogP contribution is -2.90. The zero-order valence-electron chi connectivity index (χ0n) is 12.8. The second kappa shape index (κ2) is 6.23. The first kappa shape index (κ1) is 15.5. The number of nitrogens with two attached hydrogens (primary N) is 1. The molecule has 2 rings (SSSR count). The average molecular weight is 296 g/mol. The molecule has 0 fully saturated rings. The van der Waals surface area contributed by atoms with E-state index in [1.807, 2.05) is 19.2 Å². The number of imidazole rings is 1. The first-order valence-corrected chi connectivity index (χ1v) is 6.92. The van der Waals surface area contributed by atoms with Gasteiger partial charge in [-0.15, -0.1) is 0 Å². The summed E-state index contributed by atoms with van der Waals surface area (Å²) in [6.45, 7) is 4.72. The summed E-state index contributed by atoms with van der Waals surface area (Å²) in [7, 11) is 3.33. The van der Waals surface area contributed by atoms with E-state index in [0.29, 0.717) is 23.8 Å². The maximum atomic E-state index is 12.2. The number of hydrogen-bond acceptors (Lipinski definition) is 5. The molecule has 2 heterocycles. The third kappa shape index (κ3) is 3.40. The molecule has 0 aromatic carbocycles. The van der Waals surface area contributed by atoms with Crippen LogP contribution in [0.25, 0.3) is 11.2 Å². The molecule has 0 saturated heterocycles. The highest BCUT2D eigenvalue weighted by molar-refractivity contribution is 5.69. The van der Waals surface area contributed by atoms with E-state index in [9.17, 15) is 9.90 Å². The summed E-state index contributed by atoms with van der Waals surface area (Å²) in [5.74, 6) is 0. The van der Waals surface area contributed by atoms with Crippen LogP contribution in [0.4, 0.5) is 0 Å². The van der Waals surface area contributed by atoms with Gasteiger partial charge in [-0.1, -0.05) is 0 Å². The summed E-state index contributed by atoms with van der Waals surface area (Å²) < 4.78 is 8.41. The number of ether oxygens (including phenoxy) is 1. The summed E-state index contributed by atoms with van der Waals surface area (Å²) >= 11 is 0. The van der Waals surface area contributed by atoms with Crippen molar-refractivity contribution in [3.05, 3.63) is 16.7 Å². The molecule has 2 aromatic heterocycles. The highest BCUT2D eigenvalue weighted by Gasteiger charge is 2.15. The molecule has 0 radical (unpaired) electrons. The van der Waals surface area contributed by atoms with Crippen LogP contribution in [0.5, 0.6) is 6.01 Å². The van der Waals surface area contributed by atoms with Gasteiger partial charge in [0.25, 0.3) is 5.56 Å². The van der Waals surface area contributed by atoms with Gasteiger partial charge in [0.2, 0.25) is 0 Å². The fraction of sp³-hybridized carbons (Fsp3) is 0.615. The van der Waals surface area contributed by atoms with Gasteiger partial charge >= 0.3 is 6.01 Å². The molecular formula is C13H22N5O3+. The molecule has 0 spiro atoms. The molecule has 0 aliphatic rings. The van der Waals surface area contributed by atoms with Crippen LogP contribution in [0.3, 0.4) is 0 Å². The topological polar surface area (TPSA) is 98.8 Å². The molecule has 1 atom stereocenters. The average Bonchev–Trinajstić information content (AvgIpc) is 2.80. The molecule has 3 N–H and O–H groups in total. The predicted octanol–water partition coefficient (Wildman–Crippen LogP) is -1.62. The Kier molecular flexibility index (Phi) is 4.59. The molecular weight excluding hydrogens is 274 g/mol. The van der Waals surface area contributed by atoms with Gasteiger partial charge in [0, 0.05) is 14.1 Å². The number of aliphatic hydroxyl groups is 1. The van der Waals surface area contributed by atoms with Gasteiger partial charge in [-0.3, -0.25) is 9.36 Å². The van der Waals surface area contributed by atoms with Crippen LogP contribution in [0.1, 0.15) is 13.8 Å². The fourth-order valence-electron chi connectivity index (χ4n) is 1.95. The van der Waals surface area contributed by atoms with E-state index < -0.39 is 6.10 Å². The van der Waals surface area contributed by atoms with Crippen molar-refractivity contribution in [1.29, 1.82) is 0 Å². The molecule has 8 heteroatoms. The molecule has 0 amide bonds. The monoisotopic (exact) mass is 296 g/mol. The number of hydrogen-bond donors (Lipinski definition) is 2. The lowest BCUT2D eigenvalue weighted by molar-refractivity contribution is -0.688. The summed E-state index contributed by atoms with van der Waals surface area (Å²) in [5.41, 5.74) is 0.551. The smallest absolute Gasteiger partial charge is 0.301 e. The zero-order chi connectivity index (χ0) is 15.6. The van der Waals surface area contributed by atoms with Crippen molar-refractivity contribution in [2.75, 3.05) is 13.2 Å². The molecule has 2 aromatic rings. The summed E-state index contributed by atoms with van der Waals surface area (Å²) in [6, 6.07) is 0.571. The fourth-order valence-corrected chi connectivity index (χ4v) is 1.95. The Morgan fingerprint density at radius 1 is 1.43 bits per heavy atom. The summed E-state index contributed by atoms with van der Waals surface area (Å²) in [5, 5.41) is 11.9. The van der Waals surface area contributed by atoms with Crippen LogP contribution >= 0.6 is 0 Å². The van der Waals surface area contributed by atoms with E-state index in [2.05, 4.69) is 9.97 Å². The Morgan fingerprint density at radius 3 is 2.81 bits per heavy atom. The summed E-state index contributed by atoms with van der Waals surface area (Å²) in [4.78, 5) is 20.5. The lowest BCUT2D eigenvalue weighted by Gasteiger charge is -2.13. The van der Waals surface area contributed by atoms with Crippen molar-refractivity contribution in [1.82, 2.24) is 19.1 Å². The van der Waals surface area contributed by atoms with E-state index in [-0.39, 0.29) is 18.2 Å². The molecule has 0 aliphatic heterocycles. The Balaban J connectivity index is 2.12. The Morgan fingerprint density at radius 2 is 2.14 bits per heavy atom. The second-order valence-electron chi connectivity index (χ2n) is 5.47. The van der Waals surface area contributed by atoms with E-state index in [0.717, 1.165) is 0 Å². The standard InChI is InChI=1S/C13H21N5O3/c1-8(2)14-5-9(19)6-21-13-16-11-10(12(20)18(13)4)17(3)7-15-11/h7-9,14,19H,5-6H2,1-4H3/p+1/t9-/m1/s1. The second-order valence-corrected chi connectivity index (χ2v) is 5.47. The van der Waals surface area contributed by atoms with Gasteiger partial charge in [0.15, 0.2) is 11.2 Å². The molecule has 0 unspecified atom stereocenters. The van der Waals surface area contributed by atoms with E-state index in [1.54, 1.807) is 18.7 Å². The van der Waals surface area contributed by atoms with E-state index in [4.69, 9.17) is 4.74 Å². The van der Waals surface area contributed by atoms with E-state index in [1.165, 1.54) is 10.9 Å². The van der Waals surface area contributed by atoms with Crippen LogP contribution < -0.4 is 15.6 Å². The third-order valence-electron chi connectivity index (χ3n) is 3.20. The van der Waals surface area contributed by atoms with Crippen molar-refractivity contribution in [2.45, 2.75) is 26.0 Å². The predicted molar refractivity (Wildman–Crippen MR) is 77.2 cm³/mol. The first-order chi connectivity index (χ1) is 9.90. The molecule has 8 nitrogen and oxygen atoms in total. The lowest BCUT2D eigenvalue weighted by atomic mass is 10.3. The molecule has 0 saturated carbocycles. The SMILES string of the molecule is CC(C)[NH2+]C[C@@H](O)COc1nc2ncn(C)c2c(=O)n1C. The first-order valence-electron chi connectivity index (χ1n) is 6.92. The number of fused-ring (bicyclic) bond motifs is 1. The molecule has 0 bridgehead atoms. The normalized spacial score (nSPS) is 13.0. The Hall–Kier alpha value is -1.93. The Labute approximate surface area is 122 Å². The third-order valence-corrected chi connectivity index (χ3v) is 3.20. The summed E-state index contributed by atoms with van der Waals surface area (Å²) in [6.07, 6.45) is 0.915. The Bertz CT molecular complexity index is 676. The maximum Gasteiger partial charge on any atom is 0.301 e. The van der Waals surface area contributed by atoms with Gasteiger partial charge in [-0.2, -0.15) is 4.98 Å². The maximum absolute atomic E-state index is 12.2. The largest absolute Gasteiger partial charge is 0.462 e. The highest BCUT2D eigenvalue weighted by Crippen LogP contribution is 2.09. The van der Waals surface area contributed by atoms with Crippen LogP contribution in [-0.2, 0) is 14.1 Å².